The molecule has 0 N–H and O–H groups in total. The lowest BCUT2D eigenvalue weighted by molar-refractivity contribution is 0.764. The van der Waals surface area contributed by atoms with Crippen LogP contribution in [0.15, 0.2) is 16.6 Å². The number of allylic oxidation sites excluding steroid dienone is 2. The van der Waals surface area contributed by atoms with Crippen molar-refractivity contribution in [3.05, 3.63) is 11.6 Å². The third kappa shape index (κ3) is 6.14. The lowest BCUT2D eigenvalue weighted by atomic mass is 10.1. The van der Waals surface area contributed by atoms with Crippen LogP contribution in [-0.2, 0) is 0 Å². The molecule has 0 unspecified atom stereocenters. The van der Waals surface area contributed by atoms with Crippen LogP contribution < -0.4 is 0 Å². The summed E-state index contributed by atoms with van der Waals surface area (Å²) in [7, 11) is 1.82. The maximum Gasteiger partial charge on any atom is 0.0273 e. The van der Waals surface area contributed by atoms with E-state index in [-0.39, 0.29) is 0 Å². The van der Waals surface area contributed by atoms with E-state index >= 15 is 0 Å². The van der Waals surface area contributed by atoms with Gasteiger partial charge in [0.05, 0.1) is 0 Å². The molecule has 0 aromatic carbocycles. The molecule has 0 aliphatic carbocycles. The molecule has 1 nitrogen and oxygen atoms in total. The smallest absolute Gasteiger partial charge is 0.0273 e. The van der Waals surface area contributed by atoms with Gasteiger partial charge >= 0.3 is 0 Å². The van der Waals surface area contributed by atoms with Crippen molar-refractivity contribution in [2.75, 3.05) is 7.05 Å². The van der Waals surface area contributed by atoms with E-state index in [0.717, 1.165) is 6.42 Å². The van der Waals surface area contributed by atoms with Crippen molar-refractivity contribution >= 4 is 6.21 Å². The van der Waals surface area contributed by atoms with Crippen LogP contribution in [0.1, 0.15) is 46.0 Å². The van der Waals surface area contributed by atoms with E-state index in [2.05, 4.69) is 24.9 Å². The molecule has 70 valence electrons. The Balaban J connectivity index is 3.70. The van der Waals surface area contributed by atoms with Crippen LogP contribution in [-0.4, -0.2) is 13.3 Å². The van der Waals surface area contributed by atoms with Crippen molar-refractivity contribution in [1.29, 1.82) is 0 Å². The van der Waals surface area contributed by atoms with E-state index in [9.17, 15) is 0 Å². The molecular weight excluding hydrogens is 146 g/mol. The van der Waals surface area contributed by atoms with Gasteiger partial charge in [-0.05, 0) is 19.3 Å². The zero-order chi connectivity index (χ0) is 9.23. The molecule has 0 fully saturated rings. The molecule has 0 spiro atoms. The van der Waals surface area contributed by atoms with Gasteiger partial charge in [0.25, 0.3) is 0 Å². The first-order valence-electron chi connectivity index (χ1n) is 4.93. The summed E-state index contributed by atoms with van der Waals surface area (Å²) in [4.78, 5) is 3.95. The summed E-state index contributed by atoms with van der Waals surface area (Å²) in [6.07, 6.45) is 10.3. The third-order valence-electron chi connectivity index (χ3n) is 2.00. The largest absolute Gasteiger partial charge is 0.301 e. The average Bonchev–Trinajstić information content (AvgIpc) is 2.11. The normalized spacial score (nSPS) is 12.8. The van der Waals surface area contributed by atoms with Gasteiger partial charge in [0.1, 0.15) is 0 Å². The first-order valence-corrected chi connectivity index (χ1v) is 4.93. The SMILES string of the molecule is CCCC/C(=C/C/C=N\C)CC. The van der Waals surface area contributed by atoms with Crippen molar-refractivity contribution < 1.29 is 0 Å². The van der Waals surface area contributed by atoms with Gasteiger partial charge in [0.2, 0.25) is 0 Å². The van der Waals surface area contributed by atoms with Gasteiger partial charge in [0.15, 0.2) is 0 Å². The van der Waals surface area contributed by atoms with Gasteiger partial charge in [-0.15, -0.1) is 0 Å². The van der Waals surface area contributed by atoms with Gasteiger partial charge in [-0.1, -0.05) is 31.9 Å². The number of unbranched alkanes of at least 4 members (excludes halogenated alkanes) is 1. The standard InChI is InChI=1S/C11H21N/c1-4-6-8-11(5-2)9-7-10-12-3/h9-10H,4-8H2,1-3H3/b11-9+,12-10-. The topological polar surface area (TPSA) is 12.4 Å². The predicted octanol–water partition coefficient (Wildman–Crippen LogP) is 3.60. The fraction of sp³-hybridized carbons (Fsp3) is 0.727. The third-order valence-corrected chi connectivity index (χ3v) is 2.00. The Hall–Kier alpha value is -0.590. The predicted molar refractivity (Wildman–Crippen MR) is 56.9 cm³/mol. The first-order chi connectivity index (χ1) is 5.85. The van der Waals surface area contributed by atoms with Gasteiger partial charge in [-0.3, -0.25) is 0 Å². The van der Waals surface area contributed by atoms with E-state index in [1.54, 1.807) is 5.57 Å². The summed E-state index contributed by atoms with van der Waals surface area (Å²) in [5.41, 5.74) is 1.58. The van der Waals surface area contributed by atoms with E-state index < -0.39 is 0 Å². The highest BCUT2D eigenvalue weighted by atomic mass is 14.6. The quantitative estimate of drug-likeness (QED) is 0.423. The van der Waals surface area contributed by atoms with Crippen molar-refractivity contribution in [1.82, 2.24) is 0 Å². The molecule has 0 aromatic rings. The molecule has 1 heteroatoms. The Kier molecular flexibility index (Phi) is 8.09. The van der Waals surface area contributed by atoms with Crippen molar-refractivity contribution in [3.8, 4) is 0 Å². The molecule has 0 saturated carbocycles. The highest BCUT2D eigenvalue weighted by Crippen LogP contribution is 2.11. The van der Waals surface area contributed by atoms with Crippen LogP contribution >= 0.6 is 0 Å². The summed E-state index contributed by atoms with van der Waals surface area (Å²) in [5, 5.41) is 0. The molecule has 0 aromatic heterocycles. The van der Waals surface area contributed by atoms with Crippen LogP contribution in [0.5, 0.6) is 0 Å². The fourth-order valence-corrected chi connectivity index (χ4v) is 1.15. The Morgan fingerprint density at radius 1 is 1.33 bits per heavy atom. The number of hydrogen-bond acceptors (Lipinski definition) is 1. The number of rotatable bonds is 6. The highest BCUT2D eigenvalue weighted by Gasteiger charge is 1.91. The molecule has 0 aliphatic heterocycles. The molecule has 0 bridgehead atoms. The monoisotopic (exact) mass is 167 g/mol. The lowest BCUT2D eigenvalue weighted by Crippen LogP contribution is -1.82. The highest BCUT2D eigenvalue weighted by molar-refractivity contribution is 5.59. The van der Waals surface area contributed by atoms with Crippen molar-refractivity contribution in [2.45, 2.75) is 46.0 Å². The Morgan fingerprint density at radius 3 is 2.58 bits per heavy atom. The van der Waals surface area contributed by atoms with Crippen molar-refractivity contribution in [3.63, 3.8) is 0 Å². The average molecular weight is 167 g/mol. The molecule has 0 heterocycles. The number of nitrogens with zero attached hydrogens (tertiary/aromatic N) is 1. The minimum atomic E-state index is 1.00. The van der Waals surface area contributed by atoms with Crippen LogP contribution in [0.4, 0.5) is 0 Å². The van der Waals surface area contributed by atoms with Gasteiger partial charge < -0.3 is 4.99 Å². The minimum Gasteiger partial charge on any atom is -0.301 e. The Bertz CT molecular complexity index is 145. The maximum atomic E-state index is 3.95. The van der Waals surface area contributed by atoms with Crippen molar-refractivity contribution in [2.24, 2.45) is 4.99 Å². The second-order valence-corrected chi connectivity index (χ2v) is 3.00. The number of hydrogen-bond donors (Lipinski definition) is 0. The molecule has 0 amide bonds. The van der Waals surface area contributed by atoms with E-state index in [1.807, 2.05) is 13.3 Å². The van der Waals surface area contributed by atoms with Crippen LogP contribution in [0.2, 0.25) is 0 Å². The second kappa shape index (κ2) is 8.51. The minimum absolute atomic E-state index is 1.00. The van der Waals surface area contributed by atoms with Crippen LogP contribution in [0.25, 0.3) is 0 Å². The van der Waals surface area contributed by atoms with E-state index in [0.29, 0.717) is 0 Å². The van der Waals surface area contributed by atoms with Gasteiger partial charge in [-0.25, -0.2) is 0 Å². The second-order valence-electron chi connectivity index (χ2n) is 3.00. The molecule has 0 atom stereocenters. The zero-order valence-corrected chi connectivity index (χ0v) is 8.64. The van der Waals surface area contributed by atoms with Gasteiger partial charge in [0, 0.05) is 19.7 Å². The molecule has 0 aliphatic rings. The maximum absolute atomic E-state index is 3.95. The molecule has 0 rings (SSSR count). The van der Waals surface area contributed by atoms with Crippen LogP contribution in [0, 0.1) is 0 Å². The first kappa shape index (κ1) is 11.4. The van der Waals surface area contributed by atoms with Gasteiger partial charge in [-0.2, -0.15) is 0 Å². The molecule has 12 heavy (non-hydrogen) atoms. The Labute approximate surface area is 76.6 Å². The Morgan fingerprint density at radius 2 is 2.08 bits per heavy atom. The number of aliphatic imine (C=N–C) groups is 1. The fourth-order valence-electron chi connectivity index (χ4n) is 1.15. The molecule has 0 saturated heterocycles. The summed E-state index contributed by atoms with van der Waals surface area (Å²) in [5.74, 6) is 0. The zero-order valence-electron chi connectivity index (χ0n) is 8.64. The summed E-state index contributed by atoms with van der Waals surface area (Å²) < 4.78 is 0. The lowest BCUT2D eigenvalue weighted by Gasteiger charge is -2.01. The van der Waals surface area contributed by atoms with E-state index in [1.165, 1.54) is 25.7 Å². The summed E-state index contributed by atoms with van der Waals surface area (Å²) >= 11 is 0. The van der Waals surface area contributed by atoms with Crippen LogP contribution in [0.3, 0.4) is 0 Å². The molecule has 0 radical (unpaired) electrons. The summed E-state index contributed by atoms with van der Waals surface area (Å²) in [6.45, 7) is 4.46. The molecular formula is C11H21N. The van der Waals surface area contributed by atoms with E-state index in [4.69, 9.17) is 0 Å². The summed E-state index contributed by atoms with van der Waals surface area (Å²) in [6, 6.07) is 0.